The summed E-state index contributed by atoms with van der Waals surface area (Å²) in [7, 11) is 0. The number of nitrogens with one attached hydrogen (secondary N) is 1. The Labute approximate surface area is 171 Å². The molecule has 3 aliphatic rings. The molecule has 1 N–H and O–H groups in total. The van der Waals surface area contributed by atoms with Gasteiger partial charge in [-0.3, -0.25) is 19.3 Å². The van der Waals surface area contributed by atoms with Crippen LogP contribution in [0.5, 0.6) is 0 Å². The van der Waals surface area contributed by atoms with Gasteiger partial charge in [0.05, 0.1) is 17.4 Å². The smallest absolute Gasteiger partial charge is 0.258 e. The van der Waals surface area contributed by atoms with E-state index in [1.54, 1.807) is 28.0 Å². The Morgan fingerprint density at radius 3 is 2.79 bits per heavy atom. The molecule has 0 unspecified atom stereocenters. The first-order chi connectivity index (χ1) is 14.0. The number of ether oxygens (including phenoxy) is 1. The zero-order chi connectivity index (χ0) is 20.4. The lowest BCUT2D eigenvalue weighted by molar-refractivity contribution is -0.124. The summed E-state index contributed by atoms with van der Waals surface area (Å²) in [4.78, 5) is 41.4. The summed E-state index contributed by atoms with van der Waals surface area (Å²) < 4.78 is 5.82. The van der Waals surface area contributed by atoms with Gasteiger partial charge in [-0.15, -0.1) is 0 Å². The van der Waals surface area contributed by atoms with Crippen LogP contribution < -0.4 is 10.2 Å². The Bertz CT molecular complexity index is 805. The maximum atomic E-state index is 13.1. The van der Waals surface area contributed by atoms with E-state index >= 15 is 0 Å². The minimum Gasteiger partial charge on any atom is -0.378 e. The number of rotatable bonds is 7. The van der Waals surface area contributed by atoms with Gasteiger partial charge >= 0.3 is 0 Å². The van der Waals surface area contributed by atoms with Crippen LogP contribution in [-0.4, -0.2) is 54.1 Å². The molecule has 0 spiro atoms. The van der Waals surface area contributed by atoms with Crippen molar-refractivity contribution >= 4 is 23.4 Å². The second-order valence-electron chi connectivity index (χ2n) is 8.34. The van der Waals surface area contributed by atoms with Crippen molar-refractivity contribution in [2.45, 2.75) is 63.6 Å². The first-order valence-corrected chi connectivity index (χ1v) is 10.6. The summed E-state index contributed by atoms with van der Waals surface area (Å²) in [6.45, 7) is 2.97. The van der Waals surface area contributed by atoms with E-state index in [9.17, 15) is 14.4 Å². The first kappa shape index (κ1) is 19.9. The van der Waals surface area contributed by atoms with Crippen LogP contribution in [0.25, 0.3) is 0 Å². The molecule has 3 amide bonds. The molecule has 1 aromatic rings. The molecule has 0 radical (unpaired) electrons. The van der Waals surface area contributed by atoms with E-state index in [-0.39, 0.29) is 24.3 Å². The number of nitrogens with zero attached hydrogens (tertiary/aromatic N) is 2. The molecular weight excluding hydrogens is 370 g/mol. The number of hydrogen-bond donors (Lipinski definition) is 1. The number of para-hydroxylation sites is 1. The summed E-state index contributed by atoms with van der Waals surface area (Å²) in [5.41, 5.74) is 0.312. The molecule has 1 saturated heterocycles. The zero-order valence-electron chi connectivity index (χ0n) is 17.0. The van der Waals surface area contributed by atoms with Crippen molar-refractivity contribution in [2.24, 2.45) is 0 Å². The van der Waals surface area contributed by atoms with Crippen LogP contribution in [0.15, 0.2) is 24.3 Å². The third-order valence-corrected chi connectivity index (χ3v) is 6.35. The minimum atomic E-state index is -0.800. The predicted octanol–water partition coefficient (Wildman–Crippen LogP) is 2.45. The van der Waals surface area contributed by atoms with Crippen molar-refractivity contribution in [3.63, 3.8) is 0 Å². The van der Waals surface area contributed by atoms with Crippen LogP contribution in [-0.2, 0) is 14.3 Å². The lowest BCUT2D eigenvalue weighted by atomic mass is 9.98. The van der Waals surface area contributed by atoms with Crippen LogP contribution in [0.4, 0.5) is 5.69 Å². The molecule has 4 rings (SSSR count). The Morgan fingerprint density at radius 2 is 2.00 bits per heavy atom. The molecule has 1 saturated carbocycles. The van der Waals surface area contributed by atoms with Gasteiger partial charge in [0.2, 0.25) is 11.8 Å². The maximum absolute atomic E-state index is 13.1. The van der Waals surface area contributed by atoms with E-state index in [4.69, 9.17) is 4.74 Å². The average Bonchev–Trinajstić information content (AvgIpc) is 3.33. The molecule has 156 valence electrons. The van der Waals surface area contributed by atoms with Crippen molar-refractivity contribution < 1.29 is 19.1 Å². The number of fused-ring (bicyclic) bond motifs is 3. The van der Waals surface area contributed by atoms with Crippen molar-refractivity contribution in [3.05, 3.63) is 29.8 Å². The minimum absolute atomic E-state index is 0.0121. The average molecular weight is 399 g/mol. The number of amides is 3. The van der Waals surface area contributed by atoms with Crippen molar-refractivity contribution in [1.82, 2.24) is 10.2 Å². The van der Waals surface area contributed by atoms with E-state index in [2.05, 4.69) is 5.32 Å². The van der Waals surface area contributed by atoms with Gasteiger partial charge in [0.1, 0.15) is 12.2 Å². The Morgan fingerprint density at radius 1 is 1.24 bits per heavy atom. The zero-order valence-corrected chi connectivity index (χ0v) is 17.0. The molecule has 1 atom stereocenters. The Kier molecular flexibility index (Phi) is 5.58. The molecule has 29 heavy (non-hydrogen) atoms. The summed E-state index contributed by atoms with van der Waals surface area (Å²) in [6.07, 6.45) is 6.78. The molecule has 1 aromatic carbocycles. The van der Waals surface area contributed by atoms with Crippen LogP contribution in [0.1, 0.15) is 62.2 Å². The summed E-state index contributed by atoms with van der Waals surface area (Å²) in [5, 5.41) is 2.89. The van der Waals surface area contributed by atoms with Gasteiger partial charge in [-0.25, -0.2) is 0 Å². The van der Waals surface area contributed by atoms with Crippen molar-refractivity contribution in [3.8, 4) is 0 Å². The molecule has 2 fully saturated rings. The summed E-state index contributed by atoms with van der Waals surface area (Å²) in [6, 6.07) is 7.13. The Hall–Kier alpha value is -2.41. The molecule has 7 heteroatoms. The van der Waals surface area contributed by atoms with Crippen molar-refractivity contribution in [2.75, 3.05) is 24.6 Å². The molecular formula is C22H29N3O4. The molecule has 2 aliphatic heterocycles. The molecule has 2 heterocycles. The van der Waals surface area contributed by atoms with Gasteiger partial charge in [0.25, 0.3) is 5.91 Å². The highest BCUT2D eigenvalue weighted by Gasteiger charge is 2.53. The fraction of sp³-hybridized carbons (Fsp3) is 0.591. The van der Waals surface area contributed by atoms with Gasteiger partial charge < -0.3 is 15.0 Å². The van der Waals surface area contributed by atoms with Gasteiger partial charge in [0, 0.05) is 19.6 Å². The van der Waals surface area contributed by atoms with Crippen LogP contribution in [0.2, 0.25) is 0 Å². The van der Waals surface area contributed by atoms with Crippen LogP contribution in [0.3, 0.4) is 0 Å². The Balaban J connectivity index is 1.37. The van der Waals surface area contributed by atoms with Gasteiger partial charge in [-0.1, -0.05) is 25.0 Å². The fourth-order valence-electron chi connectivity index (χ4n) is 4.75. The molecule has 0 bridgehead atoms. The van der Waals surface area contributed by atoms with Crippen LogP contribution in [0, 0.1) is 0 Å². The highest BCUT2D eigenvalue weighted by atomic mass is 16.5. The largest absolute Gasteiger partial charge is 0.378 e. The monoisotopic (exact) mass is 399 g/mol. The molecule has 7 nitrogen and oxygen atoms in total. The predicted molar refractivity (Wildman–Crippen MR) is 108 cm³/mol. The third-order valence-electron chi connectivity index (χ3n) is 6.35. The molecule has 1 aliphatic carbocycles. The number of carbonyl (C=O) groups is 3. The third kappa shape index (κ3) is 3.75. The quantitative estimate of drug-likeness (QED) is 0.715. The maximum Gasteiger partial charge on any atom is 0.258 e. The topological polar surface area (TPSA) is 79.0 Å². The summed E-state index contributed by atoms with van der Waals surface area (Å²) in [5.74, 6) is -0.421. The van der Waals surface area contributed by atoms with E-state index in [1.807, 2.05) is 13.0 Å². The SMILES string of the molecule is C[C@@]12CCC(=O)N1c1ccccc1C(=O)N2CC(=O)NCCCOC1CCCC1. The normalized spacial score (nSPS) is 24.0. The highest BCUT2D eigenvalue weighted by molar-refractivity contribution is 6.11. The van der Waals surface area contributed by atoms with Crippen molar-refractivity contribution in [1.29, 1.82) is 0 Å². The second kappa shape index (κ2) is 8.14. The lowest BCUT2D eigenvalue weighted by Crippen LogP contribution is -2.63. The number of anilines is 1. The van der Waals surface area contributed by atoms with E-state index in [0.29, 0.717) is 43.3 Å². The number of hydrogen-bond acceptors (Lipinski definition) is 4. The van der Waals surface area contributed by atoms with E-state index in [0.717, 1.165) is 19.3 Å². The van der Waals surface area contributed by atoms with Gasteiger partial charge in [-0.05, 0) is 44.7 Å². The van der Waals surface area contributed by atoms with Crippen LogP contribution >= 0.6 is 0 Å². The first-order valence-electron chi connectivity index (χ1n) is 10.6. The van der Waals surface area contributed by atoms with Gasteiger partial charge in [-0.2, -0.15) is 0 Å². The lowest BCUT2D eigenvalue weighted by Gasteiger charge is -2.48. The molecule has 0 aromatic heterocycles. The highest BCUT2D eigenvalue weighted by Crippen LogP contribution is 2.43. The number of benzene rings is 1. The second-order valence-corrected chi connectivity index (χ2v) is 8.34. The fourth-order valence-corrected chi connectivity index (χ4v) is 4.75. The number of carbonyl (C=O) groups excluding carboxylic acids is 3. The summed E-state index contributed by atoms with van der Waals surface area (Å²) >= 11 is 0. The van der Waals surface area contributed by atoms with Gasteiger partial charge in [0.15, 0.2) is 0 Å². The standard InChI is InChI=1S/C22H29N3O4/c1-22-12-11-20(27)25(22)18-10-5-4-9-17(18)21(28)24(22)15-19(26)23-13-6-14-29-16-7-2-3-8-16/h4-5,9-10,16H,2-3,6-8,11-15H2,1H3,(H,23,26)/t22-/m0/s1. The van der Waals surface area contributed by atoms with E-state index < -0.39 is 5.66 Å². The van der Waals surface area contributed by atoms with E-state index in [1.165, 1.54) is 12.8 Å².